The van der Waals surface area contributed by atoms with Crippen LogP contribution in [0.1, 0.15) is 12.0 Å². The highest BCUT2D eigenvalue weighted by Gasteiger charge is 2.35. The number of benzene rings is 2. The number of hydrogen-bond donors (Lipinski definition) is 1. The Morgan fingerprint density at radius 3 is 2.68 bits per heavy atom. The zero-order valence-electron chi connectivity index (χ0n) is 13.2. The van der Waals surface area contributed by atoms with E-state index in [1.54, 1.807) is 17.0 Å². The number of halogens is 2. The highest BCUT2D eigenvalue weighted by atomic mass is 79.9. The minimum absolute atomic E-state index is 0.0717. The van der Waals surface area contributed by atoms with Crippen molar-refractivity contribution in [3.05, 3.63) is 63.6 Å². The second kappa shape index (κ2) is 7.80. The van der Waals surface area contributed by atoms with Crippen molar-refractivity contribution in [1.29, 1.82) is 0 Å². The van der Waals surface area contributed by atoms with Crippen LogP contribution in [0.5, 0.6) is 0 Å². The number of amides is 2. The first kappa shape index (κ1) is 17.6. The maximum Gasteiger partial charge on any atom is 0.245 e. The summed E-state index contributed by atoms with van der Waals surface area (Å²) < 4.78 is 0.936. The molecular weight excluding hydrogens is 406 g/mol. The largest absolute Gasteiger partial charge is 0.312 e. The van der Waals surface area contributed by atoms with E-state index in [0.29, 0.717) is 17.1 Å². The first-order valence-corrected chi connectivity index (χ1v) is 8.85. The number of rotatable bonds is 4. The first-order valence-electron chi connectivity index (χ1n) is 7.68. The third-order valence-electron chi connectivity index (χ3n) is 3.92. The number of nitrogens with zero attached hydrogens (tertiary/aromatic N) is 2. The summed E-state index contributed by atoms with van der Waals surface area (Å²) in [5, 5.41) is 4.49. The number of carbonyl (C=O) groups excluding carboxylic acids is 2. The number of hydrogen-bond acceptors (Lipinski definition) is 3. The predicted octanol–water partition coefficient (Wildman–Crippen LogP) is 3.61. The highest BCUT2D eigenvalue weighted by Crippen LogP contribution is 2.26. The molecule has 0 unspecified atom stereocenters. The number of anilines is 1. The lowest BCUT2D eigenvalue weighted by Gasteiger charge is -2.16. The summed E-state index contributed by atoms with van der Waals surface area (Å²) in [6.07, 6.45) is 1.66. The van der Waals surface area contributed by atoms with Crippen molar-refractivity contribution in [1.82, 2.24) is 5.43 Å². The molecule has 1 aliphatic heterocycles. The molecule has 128 valence electrons. The van der Waals surface area contributed by atoms with Gasteiger partial charge in [-0.1, -0.05) is 45.7 Å². The molecule has 2 aromatic carbocycles. The summed E-state index contributed by atoms with van der Waals surface area (Å²) in [7, 11) is 0. The van der Waals surface area contributed by atoms with Crippen molar-refractivity contribution < 1.29 is 9.59 Å². The molecule has 5 nitrogen and oxygen atoms in total. The topological polar surface area (TPSA) is 61.8 Å². The average molecular weight is 421 g/mol. The van der Waals surface area contributed by atoms with E-state index < -0.39 is 5.92 Å². The van der Waals surface area contributed by atoms with Crippen molar-refractivity contribution in [2.75, 3.05) is 11.4 Å². The SMILES string of the molecule is O=C(N/N=C\c1ccccc1Cl)[C@@H]1CC(=O)N(c2ccc(Br)cc2)C1. The lowest BCUT2D eigenvalue weighted by atomic mass is 10.1. The summed E-state index contributed by atoms with van der Waals surface area (Å²) in [5.74, 6) is -0.784. The van der Waals surface area contributed by atoms with Crippen molar-refractivity contribution in [3.8, 4) is 0 Å². The molecule has 25 heavy (non-hydrogen) atoms. The Kier molecular flexibility index (Phi) is 5.50. The van der Waals surface area contributed by atoms with Crippen LogP contribution in [0.3, 0.4) is 0 Å². The second-order valence-corrected chi connectivity index (χ2v) is 6.96. The van der Waals surface area contributed by atoms with Gasteiger partial charge in [0.05, 0.1) is 12.1 Å². The Balaban J connectivity index is 1.61. The molecule has 1 heterocycles. The van der Waals surface area contributed by atoms with Gasteiger partial charge in [-0.3, -0.25) is 9.59 Å². The van der Waals surface area contributed by atoms with Crippen LogP contribution in [0.4, 0.5) is 5.69 Å². The molecule has 7 heteroatoms. The molecule has 0 radical (unpaired) electrons. The Hall–Kier alpha value is -2.18. The molecule has 1 atom stereocenters. The van der Waals surface area contributed by atoms with Crippen LogP contribution in [0.2, 0.25) is 5.02 Å². The van der Waals surface area contributed by atoms with E-state index in [1.807, 2.05) is 36.4 Å². The maximum atomic E-state index is 12.3. The molecular formula is C18H15BrClN3O2. The fraction of sp³-hybridized carbons (Fsp3) is 0.167. The van der Waals surface area contributed by atoms with Gasteiger partial charge in [0, 0.05) is 33.7 Å². The molecule has 1 fully saturated rings. The lowest BCUT2D eigenvalue weighted by molar-refractivity contribution is -0.126. The van der Waals surface area contributed by atoms with Gasteiger partial charge in [-0.05, 0) is 30.3 Å². The van der Waals surface area contributed by atoms with Gasteiger partial charge in [0.2, 0.25) is 11.8 Å². The van der Waals surface area contributed by atoms with Crippen LogP contribution in [0.25, 0.3) is 0 Å². The van der Waals surface area contributed by atoms with Crippen molar-refractivity contribution in [2.24, 2.45) is 11.0 Å². The van der Waals surface area contributed by atoms with Gasteiger partial charge >= 0.3 is 0 Å². The zero-order valence-corrected chi connectivity index (χ0v) is 15.5. The minimum atomic E-state index is -0.431. The monoisotopic (exact) mass is 419 g/mol. The number of carbonyl (C=O) groups is 2. The summed E-state index contributed by atoms with van der Waals surface area (Å²) >= 11 is 9.39. The van der Waals surface area contributed by atoms with E-state index in [9.17, 15) is 9.59 Å². The van der Waals surface area contributed by atoms with Gasteiger partial charge in [0.25, 0.3) is 0 Å². The average Bonchev–Trinajstić information content (AvgIpc) is 2.99. The molecule has 0 spiro atoms. The third-order valence-corrected chi connectivity index (χ3v) is 4.79. The number of hydrazone groups is 1. The van der Waals surface area contributed by atoms with Crippen LogP contribution in [0, 0.1) is 5.92 Å². The molecule has 0 bridgehead atoms. The molecule has 3 rings (SSSR count). The van der Waals surface area contributed by atoms with E-state index in [1.165, 1.54) is 6.21 Å². The van der Waals surface area contributed by atoms with Gasteiger partial charge in [-0.2, -0.15) is 5.10 Å². The van der Waals surface area contributed by atoms with E-state index in [-0.39, 0.29) is 18.2 Å². The van der Waals surface area contributed by atoms with Crippen molar-refractivity contribution in [3.63, 3.8) is 0 Å². The van der Waals surface area contributed by atoms with Crippen LogP contribution in [-0.2, 0) is 9.59 Å². The maximum absolute atomic E-state index is 12.3. The summed E-state index contributed by atoms with van der Waals surface area (Å²) in [6, 6.07) is 14.6. The number of nitrogens with one attached hydrogen (secondary N) is 1. The van der Waals surface area contributed by atoms with Gasteiger partial charge in [-0.15, -0.1) is 0 Å². The Morgan fingerprint density at radius 2 is 1.96 bits per heavy atom. The van der Waals surface area contributed by atoms with Gasteiger partial charge in [-0.25, -0.2) is 5.43 Å². The molecule has 0 aromatic heterocycles. The Labute approximate surface area is 158 Å². The van der Waals surface area contributed by atoms with Gasteiger partial charge < -0.3 is 4.90 Å². The van der Waals surface area contributed by atoms with Gasteiger partial charge in [0.15, 0.2) is 0 Å². The molecule has 1 N–H and O–H groups in total. The van der Waals surface area contributed by atoms with Crippen LogP contribution >= 0.6 is 27.5 Å². The molecule has 2 amide bonds. The first-order chi connectivity index (χ1) is 12.0. The zero-order chi connectivity index (χ0) is 17.8. The highest BCUT2D eigenvalue weighted by molar-refractivity contribution is 9.10. The summed E-state index contributed by atoms with van der Waals surface area (Å²) in [6.45, 7) is 0.341. The molecule has 0 saturated carbocycles. The lowest BCUT2D eigenvalue weighted by Crippen LogP contribution is -2.30. The van der Waals surface area contributed by atoms with E-state index in [2.05, 4.69) is 26.5 Å². The van der Waals surface area contributed by atoms with Crippen molar-refractivity contribution >= 4 is 51.2 Å². The fourth-order valence-electron chi connectivity index (χ4n) is 2.59. The summed E-state index contributed by atoms with van der Waals surface area (Å²) in [5.41, 5.74) is 3.98. The second-order valence-electron chi connectivity index (χ2n) is 5.64. The normalized spacial score (nSPS) is 17.3. The van der Waals surface area contributed by atoms with Crippen LogP contribution in [-0.4, -0.2) is 24.6 Å². The Bertz CT molecular complexity index is 823. The molecule has 2 aromatic rings. The quantitative estimate of drug-likeness (QED) is 0.607. The smallest absolute Gasteiger partial charge is 0.245 e. The van der Waals surface area contributed by atoms with Crippen LogP contribution in [0.15, 0.2) is 58.1 Å². The Morgan fingerprint density at radius 1 is 1.24 bits per heavy atom. The fourth-order valence-corrected chi connectivity index (χ4v) is 3.04. The van der Waals surface area contributed by atoms with E-state index in [4.69, 9.17) is 11.6 Å². The molecule has 0 aliphatic carbocycles. The molecule has 1 aliphatic rings. The van der Waals surface area contributed by atoms with Crippen LogP contribution < -0.4 is 10.3 Å². The minimum Gasteiger partial charge on any atom is -0.312 e. The molecule has 1 saturated heterocycles. The summed E-state index contributed by atoms with van der Waals surface area (Å²) in [4.78, 5) is 26.1. The van der Waals surface area contributed by atoms with E-state index in [0.717, 1.165) is 10.2 Å². The van der Waals surface area contributed by atoms with Crippen molar-refractivity contribution in [2.45, 2.75) is 6.42 Å². The predicted molar refractivity (Wildman–Crippen MR) is 102 cm³/mol. The van der Waals surface area contributed by atoms with E-state index >= 15 is 0 Å². The standard InChI is InChI=1S/C18H15BrClN3O2/c19-14-5-7-15(8-6-14)23-11-13(9-17(23)24)18(25)22-21-10-12-3-1-2-4-16(12)20/h1-8,10,13H,9,11H2,(H,22,25)/b21-10-/t13-/m1/s1. The third kappa shape index (κ3) is 4.27. The van der Waals surface area contributed by atoms with Gasteiger partial charge in [0.1, 0.15) is 0 Å².